The fourth-order valence-corrected chi connectivity index (χ4v) is 4.10. The van der Waals surface area contributed by atoms with Gasteiger partial charge in [-0.2, -0.15) is 0 Å². The number of benzene rings is 2. The third-order valence-electron chi connectivity index (χ3n) is 5.64. The van der Waals surface area contributed by atoms with Gasteiger partial charge < -0.3 is 28.8 Å². The van der Waals surface area contributed by atoms with E-state index in [9.17, 15) is 9.90 Å². The number of carbonyl (C=O) groups excluding carboxylic acids is 1. The van der Waals surface area contributed by atoms with Gasteiger partial charge in [0.05, 0.1) is 13.2 Å². The predicted molar refractivity (Wildman–Crippen MR) is 121 cm³/mol. The first-order valence-corrected chi connectivity index (χ1v) is 10.8. The molecule has 1 unspecified atom stereocenters. The fourth-order valence-electron chi connectivity index (χ4n) is 4.10. The van der Waals surface area contributed by atoms with Crippen molar-refractivity contribution < 1.29 is 33.6 Å². The van der Waals surface area contributed by atoms with Crippen LogP contribution in [0.5, 0.6) is 11.5 Å². The smallest absolute Gasteiger partial charge is 0.345 e. The van der Waals surface area contributed by atoms with Crippen molar-refractivity contribution in [2.24, 2.45) is 0 Å². The number of methoxy groups -OCH3 is 1. The molecule has 2 aromatic rings. The van der Waals surface area contributed by atoms with Crippen LogP contribution >= 0.6 is 0 Å². The average Bonchev–Trinajstić information content (AvgIpc) is 3.36. The number of hydrogen-bond acceptors (Lipinski definition) is 7. The van der Waals surface area contributed by atoms with Crippen LogP contribution in [-0.4, -0.2) is 31.1 Å². The Morgan fingerprint density at radius 1 is 1.09 bits per heavy atom. The van der Waals surface area contributed by atoms with E-state index >= 15 is 0 Å². The molecule has 0 amide bonds. The number of hydrogen-bond donors (Lipinski definition) is 1. The van der Waals surface area contributed by atoms with E-state index in [0.29, 0.717) is 16.9 Å². The summed E-state index contributed by atoms with van der Waals surface area (Å²) in [5.41, 5.74) is 3.62. The lowest BCUT2D eigenvalue weighted by molar-refractivity contribution is -0.186. The summed E-state index contributed by atoms with van der Waals surface area (Å²) < 4.78 is 27.4. The van der Waals surface area contributed by atoms with Crippen molar-refractivity contribution in [3.05, 3.63) is 81.8 Å². The van der Waals surface area contributed by atoms with Gasteiger partial charge in [0.15, 0.2) is 5.76 Å². The second-order valence-electron chi connectivity index (χ2n) is 8.43. The van der Waals surface area contributed by atoms with Gasteiger partial charge in [-0.05, 0) is 68.7 Å². The van der Waals surface area contributed by atoms with E-state index in [1.165, 1.54) is 6.26 Å². The zero-order chi connectivity index (χ0) is 23.8. The Balaban J connectivity index is 1.79. The minimum Gasteiger partial charge on any atom is -0.496 e. The van der Waals surface area contributed by atoms with E-state index in [-0.39, 0.29) is 30.6 Å². The second kappa shape index (κ2) is 8.83. The minimum absolute atomic E-state index is 0.000186. The molecule has 1 atom stereocenters. The van der Waals surface area contributed by atoms with Gasteiger partial charge in [-0.1, -0.05) is 12.1 Å². The van der Waals surface area contributed by atoms with Gasteiger partial charge in [0.25, 0.3) is 5.79 Å². The number of cyclic esters (lactones) is 1. The summed E-state index contributed by atoms with van der Waals surface area (Å²) in [7, 11) is 1.58. The molecule has 2 heterocycles. The van der Waals surface area contributed by atoms with Crippen molar-refractivity contribution in [3.63, 3.8) is 0 Å². The maximum Gasteiger partial charge on any atom is 0.345 e. The van der Waals surface area contributed by atoms with E-state index in [1.54, 1.807) is 25.3 Å². The van der Waals surface area contributed by atoms with E-state index in [0.717, 1.165) is 22.4 Å². The Morgan fingerprint density at radius 2 is 1.82 bits per heavy atom. The summed E-state index contributed by atoms with van der Waals surface area (Å²) in [6.45, 7) is 7.77. The molecule has 33 heavy (non-hydrogen) atoms. The number of aryl methyl sites for hydroxylation is 2. The minimum atomic E-state index is -1.96. The fraction of sp³-hybridized carbons (Fsp3) is 0.346. The maximum absolute atomic E-state index is 12.9. The Hall–Kier alpha value is -3.45. The third-order valence-corrected chi connectivity index (χ3v) is 5.64. The molecule has 2 aromatic carbocycles. The Morgan fingerprint density at radius 3 is 2.42 bits per heavy atom. The highest BCUT2D eigenvalue weighted by molar-refractivity contribution is 5.97. The van der Waals surface area contributed by atoms with Crippen molar-refractivity contribution in [2.45, 2.75) is 46.0 Å². The summed E-state index contributed by atoms with van der Waals surface area (Å²) >= 11 is 0. The average molecular weight is 453 g/mol. The predicted octanol–water partition coefficient (Wildman–Crippen LogP) is 4.19. The SMILES string of the molecule is COc1ccc(C2(O)OC(=O)C(C3=COCO3)=C2Cc2ccc(OC(C)C)c(C)c2)cc1C. The lowest BCUT2D eigenvalue weighted by Gasteiger charge is -2.26. The molecule has 0 saturated carbocycles. The van der Waals surface area contributed by atoms with Crippen LogP contribution in [0.1, 0.15) is 36.1 Å². The number of rotatable bonds is 7. The maximum atomic E-state index is 12.9. The molecule has 0 fully saturated rings. The van der Waals surface area contributed by atoms with Crippen LogP contribution in [0.4, 0.5) is 0 Å². The highest BCUT2D eigenvalue weighted by Gasteiger charge is 2.49. The summed E-state index contributed by atoms with van der Waals surface area (Å²) in [6, 6.07) is 11.0. The van der Waals surface area contributed by atoms with Gasteiger partial charge in [-0.15, -0.1) is 0 Å². The molecule has 4 rings (SSSR count). The molecule has 0 aliphatic carbocycles. The quantitative estimate of drug-likeness (QED) is 0.631. The summed E-state index contributed by atoms with van der Waals surface area (Å²) in [5, 5.41) is 11.7. The largest absolute Gasteiger partial charge is 0.496 e. The molecule has 2 aliphatic heterocycles. The lowest BCUT2D eigenvalue weighted by atomic mass is 9.88. The van der Waals surface area contributed by atoms with Gasteiger partial charge in [-0.25, -0.2) is 4.79 Å². The standard InChI is InChI=1S/C26H28O7/c1-15(2)32-22-8-6-18(10-16(22)3)12-20-24(23-13-30-14-31-23)25(27)33-26(20,28)19-7-9-21(29-5)17(4)11-19/h6-11,13,15,28H,12,14H2,1-5H3. The normalized spacial score (nSPS) is 19.8. The zero-order valence-electron chi connectivity index (χ0n) is 19.4. The van der Waals surface area contributed by atoms with Crippen molar-refractivity contribution in [1.29, 1.82) is 0 Å². The third kappa shape index (κ3) is 4.28. The second-order valence-corrected chi connectivity index (χ2v) is 8.43. The van der Waals surface area contributed by atoms with E-state index in [1.807, 2.05) is 45.9 Å². The molecule has 7 heteroatoms. The first kappa shape index (κ1) is 22.7. The van der Waals surface area contributed by atoms with E-state index < -0.39 is 11.8 Å². The monoisotopic (exact) mass is 452 g/mol. The van der Waals surface area contributed by atoms with Crippen LogP contribution in [0.15, 0.2) is 59.6 Å². The Kier molecular flexibility index (Phi) is 6.08. The highest BCUT2D eigenvalue weighted by Crippen LogP contribution is 2.45. The number of esters is 1. The topological polar surface area (TPSA) is 83.5 Å². The molecule has 174 valence electrons. The van der Waals surface area contributed by atoms with Crippen LogP contribution < -0.4 is 9.47 Å². The van der Waals surface area contributed by atoms with Gasteiger partial charge >= 0.3 is 5.97 Å². The van der Waals surface area contributed by atoms with Gasteiger partial charge in [0.2, 0.25) is 6.79 Å². The first-order chi connectivity index (χ1) is 15.7. The van der Waals surface area contributed by atoms with Gasteiger partial charge in [0, 0.05) is 17.6 Å². The number of aliphatic hydroxyl groups is 1. The number of carbonyl (C=O) groups is 1. The molecule has 2 aliphatic rings. The van der Waals surface area contributed by atoms with E-state index in [2.05, 4.69) is 0 Å². The first-order valence-electron chi connectivity index (χ1n) is 10.8. The Labute approximate surface area is 193 Å². The van der Waals surface area contributed by atoms with Gasteiger partial charge in [-0.3, -0.25) is 0 Å². The van der Waals surface area contributed by atoms with Crippen molar-refractivity contribution in [1.82, 2.24) is 0 Å². The molecule has 0 bridgehead atoms. The molecular weight excluding hydrogens is 424 g/mol. The van der Waals surface area contributed by atoms with Crippen molar-refractivity contribution in [2.75, 3.05) is 13.9 Å². The lowest BCUT2D eigenvalue weighted by Crippen LogP contribution is -2.30. The van der Waals surface area contributed by atoms with Crippen LogP contribution in [0.25, 0.3) is 0 Å². The van der Waals surface area contributed by atoms with Crippen LogP contribution in [0.2, 0.25) is 0 Å². The summed E-state index contributed by atoms with van der Waals surface area (Å²) in [4.78, 5) is 12.9. The molecule has 0 aromatic heterocycles. The van der Waals surface area contributed by atoms with Gasteiger partial charge in [0.1, 0.15) is 23.3 Å². The number of ether oxygens (including phenoxy) is 5. The molecular formula is C26H28O7. The Bertz CT molecular complexity index is 1150. The molecule has 0 saturated heterocycles. The summed E-state index contributed by atoms with van der Waals surface area (Å²) in [6.07, 6.45) is 1.68. The summed E-state index contributed by atoms with van der Waals surface area (Å²) in [5.74, 6) is -0.930. The molecule has 0 spiro atoms. The van der Waals surface area contributed by atoms with Crippen LogP contribution in [0, 0.1) is 13.8 Å². The van der Waals surface area contributed by atoms with Crippen molar-refractivity contribution >= 4 is 5.97 Å². The van der Waals surface area contributed by atoms with E-state index in [4.69, 9.17) is 23.7 Å². The van der Waals surface area contributed by atoms with Crippen LogP contribution in [0.3, 0.4) is 0 Å². The highest BCUT2D eigenvalue weighted by atomic mass is 16.7. The van der Waals surface area contributed by atoms with Crippen molar-refractivity contribution in [3.8, 4) is 11.5 Å². The molecule has 7 nitrogen and oxygen atoms in total. The zero-order valence-corrected chi connectivity index (χ0v) is 19.4. The molecule has 0 radical (unpaired) electrons. The molecule has 1 N–H and O–H groups in total. The van der Waals surface area contributed by atoms with Crippen LogP contribution in [-0.2, 0) is 31.2 Å².